The third-order valence-electron chi connectivity index (χ3n) is 3.15. The van der Waals surface area contributed by atoms with Crippen molar-refractivity contribution < 1.29 is 4.39 Å². The molecule has 21 heavy (non-hydrogen) atoms. The molecule has 5 heteroatoms. The molecule has 0 aliphatic rings. The Balaban J connectivity index is 2.07. The Labute approximate surface area is 127 Å². The summed E-state index contributed by atoms with van der Waals surface area (Å²) in [5, 5.41) is 0.809. The van der Waals surface area contributed by atoms with E-state index in [4.69, 9.17) is 5.73 Å². The van der Waals surface area contributed by atoms with Crippen molar-refractivity contribution in [1.29, 1.82) is 0 Å². The number of rotatable bonds is 4. The lowest BCUT2D eigenvalue weighted by Crippen LogP contribution is -2.19. The molecule has 2 heterocycles. The van der Waals surface area contributed by atoms with Crippen LogP contribution in [0.4, 0.5) is 4.39 Å². The van der Waals surface area contributed by atoms with Gasteiger partial charge >= 0.3 is 0 Å². The molecular weight excluding hydrogens is 285 g/mol. The molecule has 0 saturated carbocycles. The van der Waals surface area contributed by atoms with Crippen molar-refractivity contribution >= 4 is 17.4 Å². The first-order valence-corrected chi connectivity index (χ1v) is 7.60. The zero-order chi connectivity index (χ0) is 14.8. The summed E-state index contributed by atoms with van der Waals surface area (Å²) < 4.78 is 15.9. The van der Waals surface area contributed by atoms with Crippen LogP contribution >= 0.6 is 11.8 Å². The molecule has 108 valence electrons. The van der Waals surface area contributed by atoms with Crippen LogP contribution in [0.15, 0.2) is 58.6 Å². The van der Waals surface area contributed by atoms with Crippen LogP contribution < -0.4 is 5.73 Å². The molecule has 0 saturated heterocycles. The number of fused-ring (bicyclic) bond motifs is 1. The fraction of sp³-hybridized carbons (Fsp3) is 0.188. The van der Waals surface area contributed by atoms with Gasteiger partial charge in [-0.25, -0.2) is 9.37 Å². The summed E-state index contributed by atoms with van der Waals surface area (Å²) in [4.78, 5) is 5.18. The number of nitrogens with zero attached hydrogens (tertiary/aromatic N) is 2. The minimum absolute atomic E-state index is 0.0186. The number of hydrogen-bond donors (Lipinski definition) is 1. The Kier molecular flexibility index (Phi) is 3.94. The van der Waals surface area contributed by atoms with E-state index in [9.17, 15) is 4.39 Å². The first-order chi connectivity index (χ1) is 10.1. The highest BCUT2D eigenvalue weighted by atomic mass is 32.2. The van der Waals surface area contributed by atoms with E-state index in [0.717, 1.165) is 16.4 Å². The maximum Gasteiger partial charge on any atom is 0.138 e. The standard InChI is InChI=1S/C16H16FN3S/c1-11(18)10-13-16(19-15-8-4-5-9-20(13)15)21-14-7-3-2-6-12(14)17/h2-9,11H,10,18H2,1H3. The zero-order valence-corrected chi connectivity index (χ0v) is 12.5. The Morgan fingerprint density at radius 1 is 1.24 bits per heavy atom. The van der Waals surface area contributed by atoms with Gasteiger partial charge in [0.2, 0.25) is 0 Å². The second-order valence-corrected chi connectivity index (χ2v) is 6.04. The average molecular weight is 301 g/mol. The van der Waals surface area contributed by atoms with Gasteiger partial charge in [0.15, 0.2) is 0 Å². The van der Waals surface area contributed by atoms with Crippen LogP contribution in [-0.2, 0) is 6.42 Å². The number of benzene rings is 1. The van der Waals surface area contributed by atoms with Crippen molar-refractivity contribution in [2.45, 2.75) is 29.3 Å². The predicted octanol–water partition coefficient (Wildman–Crippen LogP) is 3.51. The Bertz CT molecular complexity index is 767. The SMILES string of the molecule is CC(N)Cc1c(Sc2ccccc2F)nc2ccccn12. The molecular formula is C16H16FN3S. The average Bonchev–Trinajstić information content (AvgIpc) is 2.79. The van der Waals surface area contributed by atoms with Gasteiger partial charge in [0.05, 0.1) is 5.69 Å². The van der Waals surface area contributed by atoms with Gasteiger partial charge in [-0.15, -0.1) is 0 Å². The number of aromatic nitrogens is 2. The summed E-state index contributed by atoms with van der Waals surface area (Å²) in [6.45, 7) is 1.96. The van der Waals surface area contributed by atoms with E-state index in [1.165, 1.54) is 17.8 Å². The van der Waals surface area contributed by atoms with Crippen molar-refractivity contribution in [2.75, 3.05) is 0 Å². The molecule has 1 unspecified atom stereocenters. The molecule has 0 radical (unpaired) electrons. The van der Waals surface area contributed by atoms with Gasteiger partial charge in [-0.1, -0.05) is 30.0 Å². The lowest BCUT2D eigenvalue weighted by molar-refractivity contribution is 0.602. The van der Waals surface area contributed by atoms with Crippen LogP contribution in [0.1, 0.15) is 12.6 Å². The second-order valence-electron chi connectivity index (χ2n) is 5.01. The highest BCUT2D eigenvalue weighted by Gasteiger charge is 2.15. The van der Waals surface area contributed by atoms with E-state index in [1.807, 2.05) is 41.8 Å². The van der Waals surface area contributed by atoms with Crippen LogP contribution in [0.25, 0.3) is 5.65 Å². The molecule has 0 spiro atoms. The van der Waals surface area contributed by atoms with Gasteiger partial charge in [0, 0.05) is 23.6 Å². The van der Waals surface area contributed by atoms with Gasteiger partial charge in [0.25, 0.3) is 0 Å². The lowest BCUT2D eigenvalue weighted by atomic mass is 10.2. The van der Waals surface area contributed by atoms with Crippen LogP contribution in [0.3, 0.4) is 0 Å². The first kappa shape index (κ1) is 14.1. The summed E-state index contributed by atoms with van der Waals surface area (Å²) in [5.74, 6) is -0.230. The summed E-state index contributed by atoms with van der Waals surface area (Å²) in [6.07, 6.45) is 2.66. The summed E-state index contributed by atoms with van der Waals surface area (Å²) in [7, 11) is 0. The number of nitrogens with two attached hydrogens (primary N) is 1. The first-order valence-electron chi connectivity index (χ1n) is 6.79. The zero-order valence-electron chi connectivity index (χ0n) is 11.7. The Morgan fingerprint density at radius 2 is 2.00 bits per heavy atom. The highest BCUT2D eigenvalue weighted by molar-refractivity contribution is 7.99. The third kappa shape index (κ3) is 2.94. The maximum absolute atomic E-state index is 13.8. The van der Waals surface area contributed by atoms with E-state index in [2.05, 4.69) is 4.98 Å². The van der Waals surface area contributed by atoms with E-state index in [-0.39, 0.29) is 11.9 Å². The molecule has 0 aliphatic heterocycles. The van der Waals surface area contributed by atoms with Gasteiger partial charge in [-0.3, -0.25) is 0 Å². The van der Waals surface area contributed by atoms with E-state index in [0.29, 0.717) is 11.3 Å². The Morgan fingerprint density at radius 3 is 2.76 bits per heavy atom. The maximum atomic E-state index is 13.8. The molecule has 0 amide bonds. The number of imidazole rings is 1. The Hall–Kier alpha value is -1.85. The molecule has 0 bridgehead atoms. The summed E-state index contributed by atoms with van der Waals surface area (Å²) in [5.41, 5.74) is 7.82. The fourth-order valence-electron chi connectivity index (χ4n) is 2.23. The summed E-state index contributed by atoms with van der Waals surface area (Å²) >= 11 is 1.35. The molecule has 3 rings (SSSR count). The van der Waals surface area contributed by atoms with E-state index >= 15 is 0 Å². The van der Waals surface area contributed by atoms with Gasteiger partial charge in [-0.2, -0.15) is 0 Å². The van der Waals surface area contributed by atoms with Crippen LogP contribution in [-0.4, -0.2) is 15.4 Å². The van der Waals surface area contributed by atoms with Gasteiger partial charge in [-0.05, 0) is 31.2 Å². The topological polar surface area (TPSA) is 43.3 Å². The van der Waals surface area contributed by atoms with E-state index < -0.39 is 0 Å². The number of halogens is 1. The van der Waals surface area contributed by atoms with Crippen LogP contribution in [0, 0.1) is 5.82 Å². The molecule has 0 aliphatic carbocycles. The van der Waals surface area contributed by atoms with Crippen molar-refractivity contribution in [1.82, 2.24) is 9.38 Å². The molecule has 3 aromatic rings. The monoisotopic (exact) mass is 301 g/mol. The van der Waals surface area contributed by atoms with Crippen molar-refractivity contribution in [3.8, 4) is 0 Å². The minimum Gasteiger partial charge on any atom is -0.328 e. The van der Waals surface area contributed by atoms with Gasteiger partial charge in [0.1, 0.15) is 16.5 Å². The number of pyridine rings is 1. The predicted molar refractivity (Wildman–Crippen MR) is 83.1 cm³/mol. The normalized spacial score (nSPS) is 12.7. The molecule has 1 aromatic carbocycles. The van der Waals surface area contributed by atoms with E-state index in [1.54, 1.807) is 12.1 Å². The molecule has 3 nitrogen and oxygen atoms in total. The second kappa shape index (κ2) is 5.87. The largest absolute Gasteiger partial charge is 0.328 e. The smallest absolute Gasteiger partial charge is 0.138 e. The fourth-order valence-corrected chi connectivity index (χ4v) is 3.19. The van der Waals surface area contributed by atoms with Crippen molar-refractivity contribution in [2.24, 2.45) is 5.73 Å². The minimum atomic E-state index is -0.230. The lowest BCUT2D eigenvalue weighted by Gasteiger charge is -2.08. The molecule has 2 N–H and O–H groups in total. The summed E-state index contributed by atoms with van der Waals surface area (Å²) in [6, 6.07) is 12.6. The molecule has 2 aromatic heterocycles. The van der Waals surface area contributed by atoms with Crippen molar-refractivity contribution in [3.63, 3.8) is 0 Å². The third-order valence-corrected chi connectivity index (χ3v) is 4.22. The van der Waals surface area contributed by atoms with Crippen LogP contribution in [0.2, 0.25) is 0 Å². The highest BCUT2D eigenvalue weighted by Crippen LogP contribution is 2.32. The molecule has 0 fully saturated rings. The molecule has 1 atom stereocenters. The van der Waals surface area contributed by atoms with Crippen LogP contribution in [0.5, 0.6) is 0 Å². The van der Waals surface area contributed by atoms with Crippen molar-refractivity contribution in [3.05, 3.63) is 60.2 Å². The van der Waals surface area contributed by atoms with Gasteiger partial charge < -0.3 is 10.1 Å². The number of hydrogen-bond acceptors (Lipinski definition) is 3. The quantitative estimate of drug-likeness (QED) is 0.802.